The normalized spacial score (nSPS) is 21.6. The molecule has 1 amide bonds. The zero-order chi connectivity index (χ0) is 15.6. The van der Waals surface area contributed by atoms with Crippen molar-refractivity contribution in [3.8, 4) is 0 Å². The van der Waals surface area contributed by atoms with Gasteiger partial charge in [0.05, 0.1) is 11.2 Å². The number of aliphatic carboxylic acids is 1. The lowest BCUT2D eigenvalue weighted by Crippen LogP contribution is -2.35. The largest absolute Gasteiger partial charge is 0.481 e. The molecule has 0 aliphatic carbocycles. The summed E-state index contributed by atoms with van der Waals surface area (Å²) in [5, 5.41) is 9.20. The van der Waals surface area contributed by atoms with E-state index in [0.29, 0.717) is 25.3 Å². The molecule has 1 aliphatic heterocycles. The number of hydrogen-bond donors (Lipinski definition) is 1. The molecule has 0 aromatic heterocycles. The smallest absolute Gasteiger partial charge is 0.311 e. The van der Waals surface area contributed by atoms with Crippen LogP contribution in [0.15, 0.2) is 23.1 Å². The van der Waals surface area contributed by atoms with Crippen LogP contribution in [0, 0.1) is 19.3 Å². The number of rotatable bonds is 4. The third-order valence-electron chi connectivity index (χ3n) is 4.02. The molecule has 5 heteroatoms. The topological polar surface area (TPSA) is 57.6 Å². The minimum absolute atomic E-state index is 0.0185. The van der Waals surface area contributed by atoms with Gasteiger partial charge in [0.25, 0.3) is 0 Å². The van der Waals surface area contributed by atoms with Crippen molar-refractivity contribution in [2.75, 3.05) is 18.8 Å². The van der Waals surface area contributed by atoms with E-state index in [4.69, 9.17) is 0 Å². The number of carbonyl (C=O) groups is 2. The number of nitrogens with zero attached hydrogens (tertiary/aromatic N) is 1. The van der Waals surface area contributed by atoms with Crippen molar-refractivity contribution < 1.29 is 14.7 Å². The first-order valence-corrected chi connectivity index (χ1v) is 8.02. The molecule has 1 N–H and O–H groups in total. The summed E-state index contributed by atoms with van der Waals surface area (Å²) in [5.41, 5.74) is 1.59. The van der Waals surface area contributed by atoms with E-state index in [9.17, 15) is 14.7 Å². The Morgan fingerprint density at radius 2 is 2.10 bits per heavy atom. The molecule has 0 bridgehead atoms. The Morgan fingerprint density at radius 1 is 1.38 bits per heavy atom. The Hall–Kier alpha value is -1.49. The summed E-state index contributed by atoms with van der Waals surface area (Å²) in [6.07, 6.45) is 0.530. The number of hydrogen-bond acceptors (Lipinski definition) is 3. The Morgan fingerprint density at radius 3 is 2.67 bits per heavy atom. The van der Waals surface area contributed by atoms with Crippen LogP contribution in [0.3, 0.4) is 0 Å². The van der Waals surface area contributed by atoms with Crippen LogP contribution < -0.4 is 0 Å². The van der Waals surface area contributed by atoms with E-state index in [1.54, 1.807) is 11.8 Å². The molecular formula is C16H21NO3S. The van der Waals surface area contributed by atoms with Crippen molar-refractivity contribution >= 4 is 23.6 Å². The highest BCUT2D eigenvalue weighted by Crippen LogP contribution is 2.31. The fourth-order valence-electron chi connectivity index (χ4n) is 2.54. The highest BCUT2D eigenvalue weighted by molar-refractivity contribution is 8.00. The van der Waals surface area contributed by atoms with E-state index in [1.165, 1.54) is 22.9 Å². The van der Waals surface area contributed by atoms with Gasteiger partial charge >= 0.3 is 5.97 Å². The SMILES string of the molecule is Cc1ccc(SCC(=O)N2CCC(C)(C(=O)O)C2)c(C)c1. The second kappa shape index (κ2) is 6.10. The van der Waals surface area contributed by atoms with E-state index < -0.39 is 11.4 Å². The van der Waals surface area contributed by atoms with Crippen molar-refractivity contribution in [2.24, 2.45) is 5.41 Å². The molecule has 21 heavy (non-hydrogen) atoms. The highest BCUT2D eigenvalue weighted by atomic mass is 32.2. The van der Waals surface area contributed by atoms with E-state index in [0.717, 1.165) is 4.90 Å². The quantitative estimate of drug-likeness (QED) is 0.869. The monoisotopic (exact) mass is 307 g/mol. The fourth-order valence-corrected chi connectivity index (χ4v) is 3.45. The Balaban J connectivity index is 1.93. The van der Waals surface area contributed by atoms with Gasteiger partial charge in [0, 0.05) is 18.0 Å². The molecule has 0 spiro atoms. The number of carboxylic acid groups (broad SMARTS) is 1. The molecule has 2 rings (SSSR count). The molecule has 1 aliphatic rings. The molecule has 4 nitrogen and oxygen atoms in total. The molecule has 1 aromatic rings. The summed E-state index contributed by atoms with van der Waals surface area (Å²) in [6.45, 7) is 6.64. The maximum absolute atomic E-state index is 12.2. The number of aryl methyl sites for hydroxylation is 2. The van der Waals surface area contributed by atoms with Crippen LogP contribution in [0.2, 0.25) is 0 Å². The molecule has 0 saturated carbocycles. The zero-order valence-electron chi connectivity index (χ0n) is 12.7. The molecule has 1 atom stereocenters. The van der Waals surface area contributed by atoms with Gasteiger partial charge in [0.2, 0.25) is 5.91 Å². The first-order chi connectivity index (χ1) is 9.82. The van der Waals surface area contributed by atoms with E-state index >= 15 is 0 Å². The Bertz CT molecular complexity index is 573. The number of amides is 1. The molecule has 1 fully saturated rings. The number of likely N-dealkylation sites (tertiary alicyclic amines) is 1. The first-order valence-electron chi connectivity index (χ1n) is 7.03. The van der Waals surface area contributed by atoms with Crippen molar-refractivity contribution in [1.29, 1.82) is 0 Å². The minimum atomic E-state index is -0.820. The lowest BCUT2D eigenvalue weighted by molar-refractivity contribution is -0.147. The number of benzene rings is 1. The van der Waals surface area contributed by atoms with Gasteiger partial charge in [-0.3, -0.25) is 9.59 Å². The predicted molar refractivity (Wildman–Crippen MR) is 83.6 cm³/mol. The molecule has 1 aromatic carbocycles. The van der Waals surface area contributed by atoms with Crippen molar-refractivity contribution in [2.45, 2.75) is 32.1 Å². The molecule has 1 saturated heterocycles. The highest BCUT2D eigenvalue weighted by Gasteiger charge is 2.41. The number of carbonyl (C=O) groups excluding carboxylic acids is 1. The van der Waals surface area contributed by atoms with Gasteiger partial charge in [0.15, 0.2) is 0 Å². The lowest BCUT2D eigenvalue weighted by atomic mass is 9.90. The summed E-state index contributed by atoms with van der Waals surface area (Å²) < 4.78 is 0. The molecule has 1 unspecified atom stereocenters. The van der Waals surface area contributed by atoms with Gasteiger partial charge in [-0.1, -0.05) is 17.7 Å². The lowest BCUT2D eigenvalue weighted by Gasteiger charge is -2.20. The van der Waals surface area contributed by atoms with Crippen LogP contribution in [0.25, 0.3) is 0 Å². The average molecular weight is 307 g/mol. The van der Waals surface area contributed by atoms with Gasteiger partial charge in [-0.05, 0) is 38.8 Å². The standard InChI is InChI=1S/C16H21NO3S/c1-11-4-5-13(12(2)8-11)21-9-14(18)17-7-6-16(3,10-17)15(19)20/h4-5,8H,6-7,9-10H2,1-3H3,(H,19,20). The molecule has 114 valence electrons. The summed E-state index contributed by atoms with van der Waals surface area (Å²) in [4.78, 5) is 26.2. The average Bonchev–Trinajstić information content (AvgIpc) is 2.82. The maximum Gasteiger partial charge on any atom is 0.311 e. The van der Waals surface area contributed by atoms with E-state index in [-0.39, 0.29) is 5.91 Å². The van der Waals surface area contributed by atoms with Gasteiger partial charge in [-0.2, -0.15) is 0 Å². The third-order valence-corrected chi connectivity index (χ3v) is 5.18. The summed E-state index contributed by atoms with van der Waals surface area (Å²) in [6, 6.07) is 6.18. The molecule has 0 radical (unpaired) electrons. The van der Waals surface area contributed by atoms with Crippen LogP contribution in [0.4, 0.5) is 0 Å². The summed E-state index contributed by atoms with van der Waals surface area (Å²) in [7, 11) is 0. The van der Waals surface area contributed by atoms with Crippen molar-refractivity contribution in [3.63, 3.8) is 0 Å². The minimum Gasteiger partial charge on any atom is -0.481 e. The van der Waals surface area contributed by atoms with Gasteiger partial charge in [0.1, 0.15) is 0 Å². The third kappa shape index (κ3) is 3.59. The van der Waals surface area contributed by atoms with Crippen LogP contribution in [0.1, 0.15) is 24.5 Å². The second-order valence-corrected chi connectivity index (χ2v) is 7.01. The number of carboxylic acids is 1. The second-order valence-electron chi connectivity index (χ2n) is 5.99. The summed E-state index contributed by atoms with van der Waals surface area (Å²) in [5.74, 6) is -0.440. The Labute approximate surface area is 129 Å². The zero-order valence-corrected chi connectivity index (χ0v) is 13.5. The van der Waals surface area contributed by atoms with Gasteiger partial charge in [-0.15, -0.1) is 11.8 Å². The Kier molecular flexibility index (Phi) is 4.61. The van der Waals surface area contributed by atoms with Crippen LogP contribution in [-0.4, -0.2) is 40.7 Å². The predicted octanol–water partition coefficient (Wildman–Crippen LogP) is 2.72. The van der Waals surface area contributed by atoms with Crippen LogP contribution >= 0.6 is 11.8 Å². The first kappa shape index (κ1) is 15.9. The van der Waals surface area contributed by atoms with Crippen LogP contribution in [-0.2, 0) is 9.59 Å². The number of thioether (sulfide) groups is 1. The fraction of sp³-hybridized carbons (Fsp3) is 0.500. The van der Waals surface area contributed by atoms with Crippen molar-refractivity contribution in [3.05, 3.63) is 29.3 Å². The van der Waals surface area contributed by atoms with Gasteiger partial charge < -0.3 is 10.0 Å². The van der Waals surface area contributed by atoms with E-state index in [2.05, 4.69) is 6.07 Å². The molecule has 1 heterocycles. The van der Waals surface area contributed by atoms with Crippen molar-refractivity contribution in [1.82, 2.24) is 4.90 Å². The van der Waals surface area contributed by atoms with E-state index in [1.807, 2.05) is 26.0 Å². The van der Waals surface area contributed by atoms with Gasteiger partial charge in [-0.25, -0.2) is 0 Å². The summed E-state index contributed by atoms with van der Waals surface area (Å²) >= 11 is 1.52. The molecular weight excluding hydrogens is 286 g/mol. The maximum atomic E-state index is 12.2. The van der Waals surface area contributed by atoms with Crippen LogP contribution in [0.5, 0.6) is 0 Å².